The average Bonchev–Trinajstić information content (AvgIpc) is 3.12. The third kappa shape index (κ3) is 4.56. The minimum absolute atomic E-state index is 0.0139. The number of pyridine rings is 1. The fraction of sp³-hybridized carbons (Fsp3) is 0.292. The van der Waals surface area contributed by atoms with Crippen molar-refractivity contribution in [2.45, 2.75) is 44.8 Å². The zero-order chi connectivity index (χ0) is 22.0. The summed E-state index contributed by atoms with van der Waals surface area (Å²) < 4.78 is 20.7. The molecule has 0 radical (unpaired) electrons. The first-order valence-corrected chi connectivity index (χ1v) is 10.3. The zero-order valence-corrected chi connectivity index (χ0v) is 17.4. The quantitative estimate of drug-likeness (QED) is 0.623. The van der Waals surface area contributed by atoms with E-state index in [4.69, 9.17) is 9.84 Å². The molecule has 1 N–H and O–H groups in total. The van der Waals surface area contributed by atoms with Gasteiger partial charge in [-0.05, 0) is 48.4 Å². The number of ether oxygens (including phenoxy) is 1. The van der Waals surface area contributed by atoms with E-state index in [1.165, 1.54) is 12.1 Å². The molecule has 1 aliphatic heterocycles. The van der Waals surface area contributed by atoms with Crippen LogP contribution in [-0.2, 0) is 9.53 Å². The number of aliphatic hydroxyl groups is 1. The Morgan fingerprint density at radius 1 is 1.23 bits per heavy atom. The van der Waals surface area contributed by atoms with E-state index in [0.717, 1.165) is 22.5 Å². The van der Waals surface area contributed by atoms with Crippen molar-refractivity contribution in [1.82, 2.24) is 14.8 Å². The Labute approximate surface area is 180 Å². The molecule has 6 nitrogen and oxygen atoms in total. The molecule has 0 bridgehead atoms. The second kappa shape index (κ2) is 8.81. The van der Waals surface area contributed by atoms with Crippen molar-refractivity contribution in [3.05, 3.63) is 71.8 Å². The number of benzene rings is 1. The largest absolute Gasteiger partial charge is 0.458 e. The first-order valence-electron chi connectivity index (χ1n) is 10.3. The Kier molecular flexibility index (Phi) is 5.95. The fourth-order valence-corrected chi connectivity index (χ4v) is 3.70. The van der Waals surface area contributed by atoms with Gasteiger partial charge in [0, 0.05) is 23.7 Å². The number of hydrogen-bond donors (Lipinski definition) is 1. The van der Waals surface area contributed by atoms with E-state index in [1.807, 2.05) is 38.1 Å². The Morgan fingerprint density at radius 3 is 2.65 bits per heavy atom. The van der Waals surface area contributed by atoms with E-state index in [2.05, 4.69) is 4.98 Å². The first-order chi connectivity index (χ1) is 14.9. The van der Waals surface area contributed by atoms with Crippen LogP contribution in [-0.4, -0.2) is 38.0 Å². The van der Waals surface area contributed by atoms with Gasteiger partial charge < -0.3 is 9.84 Å². The summed E-state index contributed by atoms with van der Waals surface area (Å²) in [4.78, 5) is 16.1. The van der Waals surface area contributed by atoms with E-state index in [-0.39, 0.29) is 18.2 Å². The third-order valence-corrected chi connectivity index (χ3v) is 5.15. The van der Waals surface area contributed by atoms with E-state index in [0.29, 0.717) is 12.2 Å². The highest BCUT2D eigenvalue weighted by molar-refractivity contribution is 5.76. The maximum atomic E-state index is 13.6. The lowest BCUT2D eigenvalue weighted by atomic mass is 9.98. The summed E-state index contributed by atoms with van der Waals surface area (Å²) in [6, 6.07) is 11.8. The standard InChI is InChI=1S/C24H24FN3O3/c1-15(2)23-20(11-10-19-13-18(29)14-22(30)31-19)24(16-6-8-17(25)9-7-16)28(27-23)21-5-3-4-12-26-21/h3-12,15,18-19,29H,13-14H2,1-2H3/b11-10+. The van der Waals surface area contributed by atoms with Crippen LogP contribution in [0.4, 0.5) is 4.39 Å². The van der Waals surface area contributed by atoms with E-state index < -0.39 is 18.2 Å². The summed E-state index contributed by atoms with van der Waals surface area (Å²) in [5, 5.41) is 14.7. The molecule has 3 aromatic rings. The molecule has 0 saturated carbocycles. The molecule has 1 aromatic carbocycles. The predicted octanol–water partition coefficient (Wildman–Crippen LogP) is 4.28. The third-order valence-electron chi connectivity index (χ3n) is 5.15. The van der Waals surface area contributed by atoms with Gasteiger partial charge in [0.25, 0.3) is 0 Å². The molecule has 31 heavy (non-hydrogen) atoms. The molecule has 2 unspecified atom stereocenters. The van der Waals surface area contributed by atoms with Gasteiger partial charge in [0.2, 0.25) is 0 Å². The van der Waals surface area contributed by atoms with Crippen LogP contribution in [0.1, 0.15) is 43.9 Å². The molecule has 3 heterocycles. The summed E-state index contributed by atoms with van der Waals surface area (Å²) in [5.41, 5.74) is 3.22. The fourth-order valence-electron chi connectivity index (χ4n) is 3.70. The van der Waals surface area contributed by atoms with Crippen LogP contribution in [0.5, 0.6) is 0 Å². The number of carbonyl (C=O) groups is 1. The molecule has 0 spiro atoms. The molecule has 2 aromatic heterocycles. The Morgan fingerprint density at radius 2 is 2.00 bits per heavy atom. The molecule has 1 fully saturated rings. The molecule has 1 aliphatic rings. The molecule has 4 rings (SSSR count). The highest BCUT2D eigenvalue weighted by Crippen LogP contribution is 2.33. The van der Waals surface area contributed by atoms with Gasteiger partial charge in [-0.15, -0.1) is 0 Å². The van der Waals surface area contributed by atoms with Crippen molar-refractivity contribution in [1.29, 1.82) is 0 Å². The van der Waals surface area contributed by atoms with Crippen LogP contribution in [0, 0.1) is 5.82 Å². The van der Waals surface area contributed by atoms with Gasteiger partial charge in [0.1, 0.15) is 11.9 Å². The lowest BCUT2D eigenvalue weighted by Gasteiger charge is -2.23. The number of aliphatic hydroxyl groups excluding tert-OH is 1. The Balaban J connectivity index is 1.86. The van der Waals surface area contributed by atoms with Crippen LogP contribution >= 0.6 is 0 Å². The number of aromatic nitrogens is 3. The second-order valence-corrected chi connectivity index (χ2v) is 7.89. The molecule has 0 aliphatic carbocycles. The highest BCUT2D eigenvalue weighted by Gasteiger charge is 2.26. The maximum absolute atomic E-state index is 13.6. The maximum Gasteiger partial charge on any atom is 0.309 e. The van der Waals surface area contributed by atoms with Crippen molar-refractivity contribution in [2.75, 3.05) is 0 Å². The molecule has 160 valence electrons. The molecule has 0 amide bonds. The SMILES string of the molecule is CC(C)c1nn(-c2ccccn2)c(-c2ccc(F)cc2)c1/C=C/C1CC(O)CC(=O)O1. The normalized spacial score (nSPS) is 19.2. The minimum atomic E-state index is -0.715. The topological polar surface area (TPSA) is 77.2 Å². The average molecular weight is 421 g/mol. The lowest BCUT2D eigenvalue weighted by molar-refractivity contribution is -0.156. The minimum Gasteiger partial charge on any atom is -0.458 e. The zero-order valence-electron chi connectivity index (χ0n) is 17.4. The Hall–Kier alpha value is -3.32. The van der Waals surface area contributed by atoms with Crippen molar-refractivity contribution < 1.29 is 19.0 Å². The number of cyclic esters (lactones) is 1. The second-order valence-electron chi connectivity index (χ2n) is 7.89. The van der Waals surface area contributed by atoms with Crippen LogP contribution in [0.3, 0.4) is 0 Å². The van der Waals surface area contributed by atoms with E-state index in [1.54, 1.807) is 29.1 Å². The van der Waals surface area contributed by atoms with Crippen molar-refractivity contribution in [3.63, 3.8) is 0 Å². The summed E-state index contributed by atoms with van der Waals surface area (Å²) >= 11 is 0. The first kappa shape index (κ1) is 20.9. The number of halogens is 1. The number of carbonyl (C=O) groups excluding carboxylic acids is 1. The van der Waals surface area contributed by atoms with Gasteiger partial charge in [-0.1, -0.05) is 26.0 Å². The summed E-state index contributed by atoms with van der Waals surface area (Å²) in [7, 11) is 0. The van der Waals surface area contributed by atoms with E-state index in [9.17, 15) is 14.3 Å². The smallest absolute Gasteiger partial charge is 0.309 e. The lowest BCUT2D eigenvalue weighted by Crippen LogP contribution is -2.31. The summed E-state index contributed by atoms with van der Waals surface area (Å²) in [6.07, 6.45) is 4.47. The monoisotopic (exact) mass is 421 g/mol. The highest BCUT2D eigenvalue weighted by atomic mass is 19.1. The number of hydrogen-bond acceptors (Lipinski definition) is 5. The van der Waals surface area contributed by atoms with Crippen molar-refractivity contribution in [2.24, 2.45) is 0 Å². The van der Waals surface area contributed by atoms with Gasteiger partial charge >= 0.3 is 5.97 Å². The van der Waals surface area contributed by atoms with Crippen molar-refractivity contribution >= 4 is 12.0 Å². The molecular formula is C24H24FN3O3. The van der Waals surface area contributed by atoms with E-state index >= 15 is 0 Å². The van der Waals surface area contributed by atoms with Gasteiger partial charge in [0.15, 0.2) is 5.82 Å². The molecule has 2 atom stereocenters. The van der Waals surface area contributed by atoms with Crippen molar-refractivity contribution in [3.8, 4) is 17.1 Å². The van der Waals surface area contributed by atoms with Gasteiger partial charge in [-0.3, -0.25) is 4.79 Å². The van der Waals surface area contributed by atoms with Gasteiger partial charge in [-0.2, -0.15) is 5.10 Å². The molecule has 1 saturated heterocycles. The number of esters is 1. The van der Waals surface area contributed by atoms with Crippen LogP contribution in [0.2, 0.25) is 0 Å². The summed E-state index contributed by atoms with van der Waals surface area (Å²) in [5.74, 6) is 0.00329. The number of rotatable bonds is 5. The molecular weight excluding hydrogens is 397 g/mol. The Bertz CT molecular complexity index is 1090. The van der Waals surface area contributed by atoms with Crippen LogP contribution in [0.15, 0.2) is 54.7 Å². The van der Waals surface area contributed by atoms with Gasteiger partial charge in [0.05, 0.1) is 23.9 Å². The molecule has 7 heteroatoms. The van der Waals surface area contributed by atoms with Crippen LogP contribution < -0.4 is 0 Å². The number of nitrogens with zero attached hydrogens (tertiary/aromatic N) is 3. The van der Waals surface area contributed by atoms with Crippen LogP contribution in [0.25, 0.3) is 23.2 Å². The van der Waals surface area contributed by atoms with Gasteiger partial charge in [-0.25, -0.2) is 14.1 Å². The summed E-state index contributed by atoms with van der Waals surface area (Å²) in [6.45, 7) is 4.09. The predicted molar refractivity (Wildman–Crippen MR) is 115 cm³/mol.